The first-order valence-electron chi connectivity index (χ1n) is 6.04. The van der Waals surface area contributed by atoms with E-state index in [0.717, 1.165) is 25.2 Å². The largest absolute Gasteiger partial charge is 0.365 e. The van der Waals surface area contributed by atoms with Crippen LogP contribution in [0.2, 0.25) is 0 Å². The van der Waals surface area contributed by atoms with Crippen molar-refractivity contribution >= 4 is 5.82 Å². The minimum absolute atomic E-state index is 0.524. The lowest BCUT2D eigenvalue weighted by Crippen LogP contribution is -2.24. The highest BCUT2D eigenvalue weighted by Crippen LogP contribution is 2.13. The van der Waals surface area contributed by atoms with Gasteiger partial charge in [-0.15, -0.1) is 5.10 Å². The molecule has 1 unspecified atom stereocenters. The van der Waals surface area contributed by atoms with Crippen LogP contribution < -0.4 is 5.32 Å². The van der Waals surface area contributed by atoms with Gasteiger partial charge in [-0.05, 0) is 38.1 Å². The van der Waals surface area contributed by atoms with Crippen LogP contribution in [0.1, 0.15) is 25.3 Å². The smallest absolute Gasteiger partial charge is 0.149 e. The molecule has 1 fully saturated rings. The van der Waals surface area contributed by atoms with Crippen molar-refractivity contribution in [3.63, 3.8) is 0 Å². The molecule has 1 atom stereocenters. The number of hydrogen-bond acceptors (Lipinski definition) is 4. The fourth-order valence-corrected chi connectivity index (χ4v) is 2.16. The van der Waals surface area contributed by atoms with Crippen LogP contribution in [0.25, 0.3) is 0 Å². The van der Waals surface area contributed by atoms with Crippen LogP contribution in [0.5, 0.6) is 0 Å². The Labute approximate surface area is 97.1 Å². The van der Waals surface area contributed by atoms with Crippen LogP contribution in [0.4, 0.5) is 5.82 Å². The van der Waals surface area contributed by atoms with E-state index in [0.29, 0.717) is 6.04 Å². The number of likely N-dealkylation sites (N-methyl/N-ethyl adjacent to an activating group) is 1. The van der Waals surface area contributed by atoms with Crippen LogP contribution in [0.15, 0.2) is 12.3 Å². The maximum atomic E-state index is 4.13. The Bertz CT molecular complexity index is 340. The summed E-state index contributed by atoms with van der Waals surface area (Å²) in [6, 6.07) is 2.64. The number of nitrogens with zero attached hydrogens (tertiary/aromatic N) is 3. The van der Waals surface area contributed by atoms with Crippen molar-refractivity contribution in [3.05, 3.63) is 17.8 Å². The zero-order valence-corrected chi connectivity index (χ0v) is 10.1. The molecule has 2 heterocycles. The van der Waals surface area contributed by atoms with Gasteiger partial charge in [0, 0.05) is 12.6 Å². The highest BCUT2D eigenvalue weighted by atomic mass is 15.2. The van der Waals surface area contributed by atoms with E-state index in [9.17, 15) is 0 Å². The Morgan fingerprint density at radius 2 is 2.44 bits per heavy atom. The summed E-state index contributed by atoms with van der Waals surface area (Å²) in [7, 11) is 2.15. The molecule has 1 saturated heterocycles. The molecule has 0 spiro atoms. The first-order chi connectivity index (χ1) is 7.78. The molecule has 0 radical (unpaired) electrons. The van der Waals surface area contributed by atoms with Crippen molar-refractivity contribution in [2.45, 2.75) is 32.2 Å². The summed E-state index contributed by atoms with van der Waals surface area (Å²) in [5.41, 5.74) is 1.27. The molecule has 0 amide bonds. The van der Waals surface area contributed by atoms with Crippen molar-refractivity contribution < 1.29 is 0 Å². The third-order valence-electron chi connectivity index (χ3n) is 2.99. The number of hydrogen-bond donors (Lipinski definition) is 1. The molecule has 0 saturated carbocycles. The summed E-state index contributed by atoms with van der Waals surface area (Å²) in [6.07, 6.45) is 5.28. The van der Waals surface area contributed by atoms with Gasteiger partial charge in [-0.25, -0.2) is 0 Å². The van der Waals surface area contributed by atoms with Gasteiger partial charge in [0.1, 0.15) is 5.82 Å². The fourth-order valence-electron chi connectivity index (χ4n) is 2.16. The van der Waals surface area contributed by atoms with Gasteiger partial charge in [-0.2, -0.15) is 5.10 Å². The summed E-state index contributed by atoms with van der Waals surface area (Å²) in [6.45, 7) is 4.44. The van der Waals surface area contributed by atoms with Gasteiger partial charge in [-0.1, -0.05) is 13.3 Å². The van der Waals surface area contributed by atoms with Crippen molar-refractivity contribution in [1.82, 2.24) is 15.1 Å². The van der Waals surface area contributed by atoms with Gasteiger partial charge in [0.05, 0.1) is 6.20 Å². The number of anilines is 1. The summed E-state index contributed by atoms with van der Waals surface area (Å²) in [5.74, 6) is 0.922. The lowest BCUT2D eigenvalue weighted by Gasteiger charge is -2.13. The molecule has 0 aliphatic carbocycles. The van der Waals surface area contributed by atoms with E-state index in [4.69, 9.17) is 0 Å². The molecule has 1 aromatic rings. The highest BCUT2D eigenvalue weighted by molar-refractivity contribution is 5.37. The summed E-state index contributed by atoms with van der Waals surface area (Å²) < 4.78 is 0. The number of nitrogens with one attached hydrogen (secondary N) is 1. The molecule has 1 aromatic heterocycles. The van der Waals surface area contributed by atoms with Crippen molar-refractivity contribution in [3.8, 4) is 0 Å². The maximum absolute atomic E-state index is 4.13. The van der Waals surface area contributed by atoms with Crippen LogP contribution in [0, 0.1) is 0 Å². The predicted octanol–water partition coefficient (Wildman–Crippen LogP) is 1.55. The molecule has 1 N–H and O–H groups in total. The quantitative estimate of drug-likeness (QED) is 0.835. The number of rotatable bonds is 4. The Kier molecular flexibility index (Phi) is 3.72. The minimum Gasteiger partial charge on any atom is -0.365 e. The summed E-state index contributed by atoms with van der Waals surface area (Å²) >= 11 is 0. The zero-order chi connectivity index (χ0) is 11.4. The van der Waals surface area contributed by atoms with E-state index in [2.05, 4.69) is 40.5 Å². The second kappa shape index (κ2) is 5.25. The normalized spacial score (nSPS) is 21.2. The average Bonchev–Trinajstić information content (AvgIpc) is 2.65. The fraction of sp³-hybridized carbons (Fsp3) is 0.667. The maximum Gasteiger partial charge on any atom is 0.149 e. The van der Waals surface area contributed by atoms with E-state index < -0.39 is 0 Å². The Morgan fingerprint density at radius 1 is 1.56 bits per heavy atom. The van der Waals surface area contributed by atoms with Crippen LogP contribution in [-0.4, -0.2) is 41.3 Å². The van der Waals surface area contributed by atoms with Gasteiger partial charge >= 0.3 is 0 Å². The van der Waals surface area contributed by atoms with E-state index in [1.54, 1.807) is 0 Å². The van der Waals surface area contributed by atoms with Gasteiger partial charge in [0.2, 0.25) is 0 Å². The zero-order valence-electron chi connectivity index (χ0n) is 10.1. The molecule has 4 nitrogen and oxygen atoms in total. The summed E-state index contributed by atoms with van der Waals surface area (Å²) in [4.78, 5) is 2.33. The second-order valence-corrected chi connectivity index (χ2v) is 4.59. The molecule has 0 aromatic carbocycles. The monoisotopic (exact) mass is 220 g/mol. The predicted molar refractivity (Wildman–Crippen MR) is 65.6 cm³/mol. The lowest BCUT2D eigenvalue weighted by atomic mass is 10.2. The third kappa shape index (κ3) is 2.92. The van der Waals surface area contributed by atoms with E-state index >= 15 is 0 Å². The number of aromatic nitrogens is 2. The number of likely N-dealkylation sites (tertiary alicyclic amines) is 1. The standard InChI is InChI=1S/C12H20N4/c1-3-4-10-7-12(15-13-8-10)14-11-5-6-16(2)9-11/h7-8,11H,3-6,9H2,1-2H3,(H,14,15). The van der Waals surface area contributed by atoms with Crippen LogP contribution >= 0.6 is 0 Å². The average molecular weight is 220 g/mol. The first-order valence-corrected chi connectivity index (χ1v) is 6.04. The Morgan fingerprint density at radius 3 is 3.12 bits per heavy atom. The van der Waals surface area contributed by atoms with Crippen molar-refractivity contribution in [2.75, 3.05) is 25.5 Å². The molecule has 2 rings (SSSR count). The van der Waals surface area contributed by atoms with E-state index in [-0.39, 0.29) is 0 Å². The van der Waals surface area contributed by atoms with E-state index in [1.165, 1.54) is 18.5 Å². The molecule has 0 bridgehead atoms. The second-order valence-electron chi connectivity index (χ2n) is 4.59. The summed E-state index contributed by atoms with van der Waals surface area (Å²) in [5, 5.41) is 11.6. The molecular weight excluding hydrogens is 200 g/mol. The topological polar surface area (TPSA) is 41.1 Å². The van der Waals surface area contributed by atoms with Crippen molar-refractivity contribution in [2.24, 2.45) is 0 Å². The van der Waals surface area contributed by atoms with Crippen molar-refractivity contribution in [1.29, 1.82) is 0 Å². The van der Waals surface area contributed by atoms with Crippen LogP contribution in [-0.2, 0) is 6.42 Å². The Hall–Kier alpha value is -1.16. The molecule has 4 heteroatoms. The SMILES string of the molecule is CCCc1cnnc(NC2CCN(C)C2)c1. The first kappa shape index (κ1) is 11.3. The van der Waals surface area contributed by atoms with Crippen LogP contribution in [0.3, 0.4) is 0 Å². The van der Waals surface area contributed by atoms with Gasteiger partial charge < -0.3 is 10.2 Å². The van der Waals surface area contributed by atoms with Gasteiger partial charge in [-0.3, -0.25) is 0 Å². The molecule has 1 aliphatic heterocycles. The number of aryl methyl sites for hydroxylation is 1. The minimum atomic E-state index is 0.524. The lowest BCUT2D eigenvalue weighted by molar-refractivity contribution is 0.414. The molecule has 16 heavy (non-hydrogen) atoms. The highest BCUT2D eigenvalue weighted by Gasteiger charge is 2.19. The van der Waals surface area contributed by atoms with Gasteiger partial charge in [0.25, 0.3) is 0 Å². The Balaban J connectivity index is 1.95. The molecular formula is C12H20N4. The molecule has 1 aliphatic rings. The van der Waals surface area contributed by atoms with E-state index in [1.807, 2.05) is 6.20 Å². The molecule has 88 valence electrons. The van der Waals surface area contributed by atoms with Gasteiger partial charge in [0.15, 0.2) is 0 Å². The third-order valence-corrected chi connectivity index (χ3v) is 2.99.